The first kappa shape index (κ1) is 15.4. The molecule has 1 saturated heterocycles. The van der Waals surface area contributed by atoms with Crippen molar-refractivity contribution in [2.75, 3.05) is 23.5 Å². The number of nitrogen functional groups attached to an aromatic ring is 1. The van der Waals surface area contributed by atoms with Crippen molar-refractivity contribution in [3.8, 4) is 0 Å². The monoisotopic (exact) mass is 317 g/mol. The van der Waals surface area contributed by atoms with E-state index in [1.165, 1.54) is 10.4 Å². The van der Waals surface area contributed by atoms with Gasteiger partial charge in [-0.15, -0.1) is 0 Å². The second-order valence-corrected chi connectivity index (χ2v) is 7.69. The molecule has 3 N–H and O–H groups in total. The third-order valence-corrected chi connectivity index (χ3v) is 5.19. The number of nitrogens with zero attached hydrogens (tertiary/aromatic N) is 1. The first-order valence-electron chi connectivity index (χ1n) is 6.61. The maximum Gasteiger partial charge on any atom is 0.301 e. The Labute approximate surface area is 125 Å². The van der Waals surface area contributed by atoms with Gasteiger partial charge in [0.2, 0.25) is 0 Å². The van der Waals surface area contributed by atoms with Crippen LogP contribution in [0.5, 0.6) is 0 Å². The van der Waals surface area contributed by atoms with Crippen LogP contribution < -0.4 is 10.5 Å². The predicted octanol–water partition coefficient (Wildman–Crippen LogP) is 2.56. The van der Waals surface area contributed by atoms with Gasteiger partial charge in [-0.2, -0.15) is 12.7 Å². The highest BCUT2D eigenvalue weighted by atomic mass is 35.5. The summed E-state index contributed by atoms with van der Waals surface area (Å²) in [6, 6.07) is 4.73. The Balaban J connectivity index is 2.20. The molecule has 1 fully saturated rings. The zero-order valence-corrected chi connectivity index (χ0v) is 13.2. The number of hydrogen-bond acceptors (Lipinski definition) is 3. The lowest BCUT2D eigenvalue weighted by Gasteiger charge is -2.34. The predicted molar refractivity (Wildman–Crippen MR) is 82.9 cm³/mol. The van der Waals surface area contributed by atoms with E-state index in [4.69, 9.17) is 17.3 Å². The van der Waals surface area contributed by atoms with Crippen LogP contribution in [0.2, 0.25) is 5.02 Å². The fourth-order valence-corrected chi connectivity index (χ4v) is 4.32. The SMILES string of the molecule is CC1CC(C)CN(S(=O)(=O)Nc2cc(N)ccc2Cl)C1. The quantitative estimate of drug-likeness (QED) is 0.841. The Hall–Kier alpha value is -0.980. The molecule has 1 aromatic rings. The number of nitrogens with one attached hydrogen (secondary N) is 1. The van der Waals surface area contributed by atoms with Gasteiger partial charge in [-0.3, -0.25) is 4.72 Å². The average Bonchev–Trinajstić information content (AvgIpc) is 2.32. The molecule has 2 atom stereocenters. The Kier molecular flexibility index (Phi) is 4.46. The van der Waals surface area contributed by atoms with Gasteiger partial charge in [0.15, 0.2) is 0 Å². The minimum atomic E-state index is -3.60. The molecule has 20 heavy (non-hydrogen) atoms. The van der Waals surface area contributed by atoms with Gasteiger partial charge in [0.1, 0.15) is 0 Å². The van der Waals surface area contributed by atoms with Crippen molar-refractivity contribution >= 4 is 33.2 Å². The molecule has 0 aliphatic carbocycles. The third-order valence-electron chi connectivity index (χ3n) is 3.40. The first-order chi connectivity index (χ1) is 9.28. The standard InChI is InChI=1S/C13H20ClN3O2S/c1-9-5-10(2)8-17(7-9)20(18,19)16-13-6-11(15)3-4-12(13)14/h3-4,6,9-10,16H,5,7-8,15H2,1-2H3. The molecular formula is C13H20ClN3O2S. The van der Waals surface area contributed by atoms with Gasteiger partial charge in [0.25, 0.3) is 0 Å². The molecule has 2 unspecified atom stereocenters. The second kappa shape index (κ2) is 5.79. The van der Waals surface area contributed by atoms with Crippen LogP contribution in [-0.4, -0.2) is 25.8 Å². The van der Waals surface area contributed by atoms with E-state index in [0.717, 1.165) is 6.42 Å². The maximum absolute atomic E-state index is 12.4. The van der Waals surface area contributed by atoms with Gasteiger partial charge in [-0.1, -0.05) is 25.4 Å². The normalized spacial score (nSPS) is 24.6. The van der Waals surface area contributed by atoms with E-state index in [2.05, 4.69) is 18.6 Å². The van der Waals surface area contributed by atoms with Gasteiger partial charge in [0.05, 0.1) is 10.7 Å². The summed E-state index contributed by atoms with van der Waals surface area (Å²) in [4.78, 5) is 0. The fraction of sp³-hybridized carbons (Fsp3) is 0.538. The Morgan fingerprint density at radius 3 is 2.50 bits per heavy atom. The van der Waals surface area contributed by atoms with Gasteiger partial charge in [-0.05, 0) is 36.5 Å². The largest absolute Gasteiger partial charge is 0.399 e. The lowest BCUT2D eigenvalue weighted by atomic mass is 9.94. The molecule has 0 amide bonds. The minimum Gasteiger partial charge on any atom is -0.399 e. The number of rotatable bonds is 3. The number of piperidine rings is 1. The van der Waals surface area contributed by atoms with Crippen LogP contribution in [0.1, 0.15) is 20.3 Å². The molecule has 1 aliphatic heterocycles. The molecule has 1 aliphatic rings. The van der Waals surface area contributed by atoms with E-state index < -0.39 is 10.2 Å². The zero-order valence-electron chi connectivity index (χ0n) is 11.6. The van der Waals surface area contributed by atoms with Crippen molar-refractivity contribution in [3.63, 3.8) is 0 Å². The minimum absolute atomic E-state index is 0.317. The molecular weight excluding hydrogens is 298 g/mol. The average molecular weight is 318 g/mol. The molecule has 0 saturated carbocycles. The molecule has 0 spiro atoms. The number of anilines is 2. The summed E-state index contributed by atoms with van der Waals surface area (Å²) < 4.78 is 28.9. The molecule has 1 heterocycles. The molecule has 2 rings (SSSR count). The summed E-state index contributed by atoms with van der Waals surface area (Å²) >= 11 is 6.00. The lowest BCUT2D eigenvalue weighted by molar-refractivity contribution is 0.223. The molecule has 112 valence electrons. The Bertz CT molecular complexity index is 581. The van der Waals surface area contributed by atoms with Crippen LogP contribution in [0.4, 0.5) is 11.4 Å². The van der Waals surface area contributed by atoms with Crippen LogP contribution in [0.25, 0.3) is 0 Å². The number of nitrogens with two attached hydrogens (primary N) is 1. The fourth-order valence-electron chi connectivity index (χ4n) is 2.63. The van der Waals surface area contributed by atoms with Gasteiger partial charge in [-0.25, -0.2) is 0 Å². The molecule has 5 nitrogen and oxygen atoms in total. The van der Waals surface area contributed by atoms with Crippen molar-refractivity contribution in [2.24, 2.45) is 11.8 Å². The Morgan fingerprint density at radius 1 is 1.30 bits per heavy atom. The summed E-state index contributed by atoms with van der Waals surface area (Å²) in [6.07, 6.45) is 1.05. The molecule has 0 aromatic heterocycles. The van der Waals surface area contributed by atoms with E-state index in [0.29, 0.717) is 41.3 Å². The lowest BCUT2D eigenvalue weighted by Crippen LogP contribution is -2.45. The zero-order chi connectivity index (χ0) is 14.9. The van der Waals surface area contributed by atoms with Crippen molar-refractivity contribution in [2.45, 2.75) is 20.3 Å². The van der Waals surface area contributed by atoms with E-state index >= 15 is 0 Å². The summed E-state index contributed by atoms with van der Waals surface area (Å²) in [5, 5.41) is 0.334. The van der Waals surface area contributed by atoms with Crippen LogP contribution in [0.15, 0.2) is 18.2 Å². The van der Waals surface area contributed by atoms with Crippen LogP contribution in [0, 0.1) is 11.8 Å². The smallest absolute Gasteiger partial charge is 0.301 e. The highest BCUT2D eigenvalue weighted by Crippen LogP contribution is 2.28. The second-order valence-electron chi connectivity index (χ2n) is 5.61. The third kappa shape index (κ3) is 3.56. The Morgan fingerprint density at radius 2 is 1.90 bits per heavy atom. The van der Waals surface area contributed by atoms with Crippen molar-refractivity contribution < 1.29 is 8.42 Å². The van der Waals surface area contributed by atoms with Crippen molar-refractivity contribution in [1.29, 1.82) is 0 Å². The highest BCUT2D eigenvalue weighted by Gasteiger charge is 2.30. The number of benzene rings is 1. The van der Waals surface area contributed by atoms with Gasteiger partial charge >= 0.3 is 10.2 Å². The molecule has 0 radical (unpaired) electrons. The first-order valence-corrected chi connectivity index (χ1v) is 8.42. The van der Waals surface area contributed by atoms with Crippen LogP contribution >= 0.6 is 11.6 Å². The van der Waals surface area contributed by atoms with E-state index in [1.807, 2.05) is 0 Å². The van der Waals surface area contributed by atoms with E-state index in [1.54, 1.807) is 12.1 Å². The van der Waals surface area contributed by atoms with Gasteiger partial charge in [0, 0.05) is 18.8 Å². The van der Waals surface area contributed by atoms with Crippen molar-refractivity contribution in [3.05, 3.63) is 23.2 Å². The topological polar surface area (TPSA) is 75.4 Å². The van der Waals surface area contributed by atoms with E-state index in [-0.39, 0.29) is 0 Å². The highest BCUT2D eigenvalue weighted by molar-refractivity contribution is 7.90. The number of halogens is 1. The summed E-state index contributed by atoms with van der Waals surface area (Å²) in [7, 11) is -3.60. The summed E-state index contributed by atoms with van der Waals surface area (Å²) in [6.45, 7) is 5.18. The van der Waals surface area contributed by atoms with Gasteiger partial charge < -0.3 is 5.73 Å². The summed E-state index contributed by atoms with van der Waals surface area (Å²) in [5.74, 6) is 0.707. The summed E-state index contributed by atoms with van der Waals surface area (Å²) in [5.41, 5.74) is 6.44. The molecule has 1 aromatic carbocycles. The molecule has 7 heteroatoms. The van der Waals surface area contributed by atoms with Crippen LogP contribution in [0.3, 0.4) is 0 Å². The number of hydrogen-bond donors (Lipinski definition) is 2. The molecule has 0 bridgehead atoms. The van der Waals surface area contributed by atoms with Crippen molar-refractivity contribution in [1.82, 2.24) is 4.31 Å². The van der Waals surface area contributed by atoms with E-state index in [9.17, 15) is 8.42 Å². The van der Waals surface area contributed by atoms with Crippen LogP contribution in [-0.2, 0) is 10.2 Å². The maximum atomic E-state index is 12.4.